The normalized spacial score (nSPS) is 20.4. The van der Waals surface area contributed by atoms with Gasteiger partial charge in [-0.15, -0.1) is 0 Å². The minimum Gasteiger partial charge on any atom is -0.348 e. The van der Waals surface area contributed by atoms with Crippen LogP contribution >= 0.6 is 0 Å². The molecule has 32 heavy (non-hydrogen) atoms. The van der Waals surface area contributed by atoms with Crippen LogP contribution in [0.1, 0.15) is 50.8 Å². The summed E-state index contributed by atoms with van der Waals surface area (Å²) in [5.74, 6) is -0.144. The Morgan fingerprint density at radius 3 is 2.69 bits per heavy atom. The highest BCUT2D eigenvalue weighted by atomic mass is 19.1. The number of aromatic nitrogens is 2. The molecule has 0 spiro atoms. The van der Waals surface area contributed by atoms with E-state index in [0.717, 1.165) is 48.2 Å². The van der Waals surface area contributed by atoms with Gasteiger partial charge in [0.05, 0.1) is 12.9 Å². The second kappa shape index (κ2) is 9.11. The van der Waals surface area contributed by atoms with Gasteiger partial charge in [0.15, 0.2) is 0 Å². The first-order chi connectivity index (χ1) is 15.2. The zero-order valence-electron chi connectivity index (χ0n) is 19.4. The van der Waals surface area contributed by atoms with E-state index in [1.807, 2.05) is 25.5 Å². The molecule has 0 radical (unpaired) electrons. The monoisotopic (exact) mass is 440 g/mol. The molecule has 1 saturated heterocycles. The molecule has 2 aromatic rings. The number of likely N-dealkylation sites (tertiary alicyclic amines) is 1. The number of fused-ring (bicyclic) bond motifs is 1. The Morgan fingerprint density at radius 2 is 2.03 bits per heavy atom. The third kappa shape index (κ3) is 5.24. The largest absolute Gasteiger partial charge is 0.348 e. The number of nitrogens with zero attached hydrogens (tertiary/aromatic N) is 4. The SMILES string of the molecule is C[C@H]1NCN=C(C(=O)NC2CCN(CC(C)(C)F)CC2)c2cc(-c3cnn(C)c3)ccc21. The Hall–Kier alpha value is -2.58. The van der Waals surface area contributed by atoms with Gasteiger partial charge in [0.2, 0.25) is 0 Å². The van der Waals surface area contributed by atoms with E-state index in [-0.39, 0.29) is 18.0 Å². The van der Waals surface area contributed by atoms with Crippen molar-refractivity contribution in [3.8, 4) is 11.1 Å². The second-order valence-corrected chi connectivity index (χ2v) is 9.54. The lowest BCUT2D eigenvalue weighted by Gasteiger charge is -2.34. The van der Waals surface area contributed by atoms with E-state index >= 15 is 0 Å². The lowest BCUT2D eigenvalue weighted by Crippen LogP contribution is -2.48. The fraction of sp³-hybridized carbons (Fsp3) is 0.542. The Bertz CT molecular complexity index is 1000. The van der Waals surface area contributed by atoms with Crippen LogP contribution < -0.4 is 10.6 Å². The molecule has 3 heterocycles. The van der Waals surface area contributed by atoms with Gasteiger partial charge >= 0.3 is 0 Å². The predicted octanol–water partition coefficient (Wildman–Crippen LogP) is 2.83. The number of halogens is 1. The number of nitrogens with one attached hydrogen (secondary N) is 2. The third-order valence-corrected chi connectivity index (χ3v) is 6.19. The summed E-state index contributed by atoms with van der Waals surface area (Å²) >= 11 is 0. The first kappa shape index (κ1) is 22.6. The fourth-order valence-electron chi connectivity index (χ4n) is 4.56. The first-order valence-electron chi connectivity index (χ1n) is 11.3. The van der Waals surface area contributed by atoms with Crippen LogP contribution in [0.15, 0.2) is 35.6 Å². The summed E-state index contributed by atoms with van der Waals surface area (Å²) < 4.78 is 15.7. The average molecular weight is 441 g/mol. The summed E-state index contributed by atoms with van der Waals surface area (Å²) in [6, 6.07) is 6.34. The van der Waals surface area contributed by atoms with Crippen LogP contribution in [0, 0.1) is 0 Å². The van der Waals surface area contributed by atoms with E-state index in [2.05, 4.69) is 44.7 Å². The van der Waals surface area contributed by atoms with E-state index in [1.54, 1.807) is 18.5 Å². The highest BCUT2D eigenvalue weighted by Crippen LogP contribution is 2.28. The maximum absolute atomic E-state index is 14.0. The summed E-state index contributed by atoms with van der Waals surface area (Å²) in [5, 5.41) is 10.8. The van der Waals surface area contributed by atoms with E-state index in [4.69, 9.17) is 0 Å². The van der Waals surface area contributed by atoms with Crippen molar-refractivity contribution in [3.05, 3.63) is 41.7 Å². The number of carbonyl (C=O) groups excluding carboxylic acids is 1. The number of alkyl halides is 1. The van der Waals surface area contributed by atoms with Crippen molar-refractivity contribution in [2.75, 3.05) is 26.3 Å². The lowest BCUT2D eigenvalue weighted by atomic mass is 9.93. The zero-order valence-corrected chi connectivity index (χ0v) is 19.4. The molecule has 2 aliphatic heterocycles. The van der Waals surface area contributed by atoms with Crippen molar-refractivity contribution in [1.29, 1.82) is 0 Å². The van der Waals surface area contributed by atoms with Crippen molar-refractivity contribution in [1.82, 2.24) is 25.3 Å². The quantitative estimate of drug-likeness (QED) is 0.750. The molecule has 0 unspecified atom stereocenters. The maximum atomic E-state index is 14.0. The van der Waals surface area contributed by atoms with Gasteiger partial charge in [0.25, 0.3) is 5.91 Å². The zero-order chi connectivity index (χ0) is 22.9. The molecular weight excluding hydrogens is 407 g/mol. The average Bonchev–Trinajstić information content (AvgIpc) is 3.10. The molecule has 0 saturated carbocycles. The molecule has 1 amide bonds. The molecule has 1 atom stereocenters. The number of aryl methyl sites for hydroxylation is 1. The van der Waals surface area contributed by atoms with Crippen LogP contribution in [0.25, 0.3) is 11.1 Å². The van der Waals surface area contributed by atoms with Crippen LogP contribution in [0.5, 0.6) is 0 Å². The van der Waals surface area contributed by atoms with Crippen LogP contribution in [0.2, 0.25) is 0 Å². The molecule has 0 aliphatic carbocycles. The van der Waals surface area contributed by atoms with Gasteiger partial charge in [0, 0.05) is 56.1 Å². The van der Waals surface area contributed by atoms with E-state index < -0.39 is 5.67 Å². The molecule has 0 bridgehead atoms. The standard InChI is InChI=1S/C24H33FN6O/c1-16-20-6-5-17(18-12-28-30(4)13-18)11-21(20)22(27-15-26-16)23(32)29-19-7-9-31(10-8-19)14-24(2,3)25/h5-6,11-13,16,19,26H,7-10,14-15H2,1-4H3,(H,29,32)/t16-/m1/s1. The highest BCUT2D eigenvalue weighted by molar-refractivity contribution is 6.46. The van der Waals surface area contributed by atoms with Crippen molar-refractivity contribution >= 4 is 11.6 Å². The molecular formula is C24H33FN6O. The number of hydrogen-bond donors (Lipinski definition) is 2. The van der Waals surface area contributed by atoms with E-state index in [0.29, 0.717) is 18.9 Å². The highest BCUT2D eigenvalue weighted by Gasteiger charge is 2.28. The van der Waals surface area contributed by atoms with Crippen LogP contribution in [0.4, 0.5) is 4.39 Å². The van der Waals surface area contributed by atoms with Crippen LogP contribution in [0.3, 0.4) is 0 Å². The minimum absolute atomic E-state index is 0.0720. The second-order valence-electron chi connectivity index (χ2n) is 9.54. The Kier molecular flexibility index (Phi) is 6.44. The summed E-state index contributed by atoms with van der Waals surface area (Å²) in [7, 11) is 1.89. The van der Waals surface area contributed by atoms with Gasteiger partial charge in [-0.05, 0) is 50.8 Å². The number of piperidine rings is 1. The molecule has 1 fully saturated rings. The molecule has 2 aliphatic rings. The van der Waals surface area contributed by atoms with Gasteiger partial charge in [-0.2, -0.15) is 5.10 Å². The number of aliphatic imine (C=N–C) groups is 1. The maximum Gasteiger partial charge on any atom is 0.270 e. The first-order valence-corrected chi connectivity index (χ1v) is 11.3. The predicted molar refractivity (Wildman–Crippen MR) is 124 cm³/mol. The van der Waals surface area contributed by atoms with Gasteiger partial charge < -0.3 is 10.2 Å². The van der Waals surface area contributed by atoms with Crippen molar-refractivity contribution in [2.24, 2.45) is 12.0 Å². The van der Waals surface area contributed by atoms with Crippen molar-refractivity contribution in [3.63, 3.8) is 0 Å². The number of amides is 1. The summed E-state index contributed by atoms with van der Waals surface area (Å²) in [4.78, 5) is 20.0. The van der Waals surface area contributed by atoms with Gasteiger partial charge in [-0.25, -0.2) is 4.39 Å². The van der Waals surface area contributed by atoms with Gasteiger partial charge in [0.1, 0.15) is 11.4 Å². The van der Waals surface area contributed by atoms with Crippen molar-refractivity contribution < 1.29 is 9.18 Å². The summed E-state index contributed by atoms with van der Waals surface area (Å²) in [6.07, 6.45) is 5.41. The molecule has 2 N–H and O–H groups in total. The third-order valence-electron chi connectivity index (χ3n) is 6.19. The molecule has 4 rings (SSSR count). The molecule has 1 aromatic heterocycles. The topological polar surface area (TPSA) is 74.6 Å². The minimum atomic E-state index is -1.20. The molecule has 172 valence electrons. The Morgan fingerprint density at radius 1 is 1.28 bits per heavy atom. The number of rotatable bonds is 5. The Balaban J connectivity index is 1.51. The van der Waals surface area contributed by atoms with E-state index in [1.165, 1.54) is 0 Å². The number of hydrogen-bond acceptors (Lipinski definition) is 5. The molecule has 1 aromatic carbocycles. The number of carbonyl (C=O) groups is 1. The van der Waals surface area contributed by atoms with Gasteiger partial charge in [-0.1, -0.05) is 12.1 Å². The smallest absolute Gasteiger partial charge is 0.270 e. The molecule has 8 heteroatoms. The summed E-state index contributed by atoms with van der Waals surface area (Å²) in [5.41, 5.74) is 3.19. The molecule has 7 nitrogen and oxygen atoms in total. The Labute approximate surface area is 189 Å². The van der Waals surface area contributed by atoms with Gasteiger partial charge in [-0.3, -0.25) is 19.8 Å². The van der Waals surface area contributed by atoms with Crippen molar-refractivity contribution in [2.45, 2.75) is 51.4 Å². The van der Waals surface area contributed by atoms with Crippen LogP contribution in [-0.4, -0.2) is 64.3 Å². The summed E-state index contributed by atoms with van der Waals surface area (Å²) in [6.45, 7) is 7.69. The number of benzene rings is 1. The lowest BCUT2D eigenvalue weighted by molar-refractivity contribution is -0.115. The fourth-order valence-corrected chi connectivity index (χ4v) is 4.56. The van der Waals surface area contributed by atoms with E-state index in [9.17, 15) is 9.18 Å². The van der Waals surface area contributed by atoms with Crippen LogP contribution in [-0.2, 0) is 11.8 Å².